The quantitative estimate of drug-likeness (QED) is 0.747. The summed E-state index contributed by atoms with van der Waals surface area (Å²) in [6, 6.07) is 4.31. The Bertz CT molecular complexity index is 824. The highest BCUT2D eigenvalue weighted by atomic mass is 19.1. The Balaban J connectivity index is 0.000000220. The highest BCUT2D eigenvalue weighted by Crippen LogP contribution is 2.18. The van der Waals surface area contributed by atoms with Gasteiger partial charge in [0.2, 0.25) is 0 Å². The van der Waals surface area contributed by atoms with Gasteiger partial charge >= 0.3 is 0 Å². The van der Waals surface area contributed by atoms with Gasteiger partial charge in [-0.2, -0.15) is 0 Å². The number of pyridine rings is 1. The molecule has 0 amide bonds. The molecule has 5 nitrogen and oxygen atoms in total. The number of halogens is 1. The summed E-state index contributed by atoms with van der Waals surface area (Å²) in [5, 5.41) is 2.60. The fourth-order valence-corrected chi connectivity index (χ4v) is 2.72. The van der Waals surface area contributed by atoms with E-state index in [9.17, 15) is 9.18 Å². The third-order valence-electron chi connectivity index (χ3n) is 3.90. The summed E-state index contributed by atoms with van der Waals surface area (Å²) >= 11 is 0. The van der Waals surface area contributed by atoms with Crippen molar-refractivity contribution in [1.29, 1.82) is 0 Å². The summed E-state index contributed by atoms with van der Waals surface area (Å²) in [6.07, 6.45) is 13.2. The van der Waals surface area contributed by atoms with Crippen molar-refractivity contribution in [3.8, 4) is 11.3 Å². The summed E-state index contributed by atoms with van der Waals surface area (Å²) in [5.74, 6) is -0.435. The molecule has 0 bridgehead atoms. The summed E-state index contributed by atoms with van der Waals surface area (Å²) < 4.78 is 14.6. The first-order valence-corrected chi connectivity index (χ1v) is 7.92. The number of aromatic nitrogens is 4. The smallest absolute Gasteiger partial charge is 0.263 e. The third kappa shape index (κ3) is 3.83. The molecular weight excluding hydrogens is 295 g/mol. The van der Waals surface area contributed by atoms with Crippen LogP contribution in [-0.2, 0) is 0 Å². The molecule has 6 heteroatoms. The molecule has 0 aliphatic heterocycles. The Morgan fingerprint density at radius 3 is 2.35 bits per heavy atom. The molecule has 0 saturated heterocycles. The van der Waals surface area contributed by atoms with Gasteiger partial charge in [-0.25, -0.2) is 13.9 Å². The van der Waals surface area contributed by atoms with Crippen LogP contribution in [0.1, 0.15) is 38.5 Å². The van der Waals surface area contributed by atoms with Crippen molar-refractivity contribution in [2.24, 2.45) is 0 Å². The molecule has 3 heterocycles. The highest BCUT2D eigenvalue weighted by molar-refractivity contribution is 5.61. The molecule has 3 aromatic heterocycles. The number of nitrogens with zero attached hydrogens (tertiary/aromatic N) is 3. The van der Waals surface area contributed by atoms with Gasteiger partial charge < -0.3 is 0 Å². The SMILES string of the molecule is C1CCCCC1.O=c1ccc2ncc(-c3cncc(F)c3)n2[nH]1. The number of nitrogens with one attached hydrogen (secondary N) is 1. The molecular formula is C17H19FN4O. The maximum Gasteiger partial charge on any atom is 0.263 e. The molecule has 120 valence electrons. The first-order chi connectivity index (χ1) is 11.2. The van der Waals surface area contributed by atoms with Gasteiger partial charge in [0.1, 0.15) is 5.82 Å². The zero-order valence-corrected chi connectivity index (χ0v) is 12.8. The van der Waals surface area contributed by atoms with Gasteiger partial charge in [0.25, 0.3) is 5.56 Å². The molecule has 0 aromatic carbocycles. The number of imidazole rings is 1. The molecule has 1 aliphatic rings. The van der Waals surface area contributed by atoms with E-state index in [2.05, 4.69) is 15.1 Å². The van der Waals surface area contributed by atoms with E-state index in [0.717, 1.165) is 6.20 Å². The monoisotopic (exact) mass is 314 g/mol. The maximum atomic E-state index is 13.1. The minimum absolute atomic E-state index is 0.249. The Morgan fingerprint density at radius 2 is 1.70 bits per heavy atom. The second-order valence-corrected chi connectivity index (χ2v) is 5.66. The van der Waals surface area contributed by atoms with Gasteiger partial charge in [-0.3, -0.25) is 14.9 Å². The Kier molecular flexibility index (Phi) is 4.80. The van der Waals surface area contributed by atoms with E-state index < -0.39 is 5.82 Å². The van der Waals surface area contributed by atoms with Crippen molar-refractivity contribution in [3.05, 3.63) is 53.0 Å². The van der Waals surface area contributed by atoms with E-state index in [1.807, 2.05) is 0 Å². The summed E-state index contributed by atoms with van der Waals surface area (Å²) in [5.41, 5.74) is 1.48. The van der Waals surface area contributed by atoms with Crippen molar-refractivity contribution in [1.82, 2.24) is 19.6 Å². The molecule has 4 rings (SSSR count). The van der Waals surface area contributed by atoms with Crippen molar-refractivity contribution < 1.29 is 4.39 Å². The summed E-state index contributed by atoms with van der Waals surface area (Å²) in [6.45, 7) is 0. The zero-order chi connectivity index (χ0) is 16.1. The average molecular weight is 314 g/mol. The summed E-state index contributed by atoms with van der Waals surface area (Å²) in [4.78, 5) is 19.1. The van der Waals surface area contributed by atoms with E-state index in [4.69, 9.17) is 0 Å². The first kappa shape index (κ1) is 15.4. The number of fused-ring (bicyclic) bond motifs is 1. The molecule has 1 saturated carbocycles. The minimum Gasteiger partial charge on any atom is -0.268 e. The van der Waals surface area contributed by atoms with Crippen LogP contribution in [0, 0.1) is 5.82 Å². The lowest BCUT2D eigenvalue weighted by atomic mass is 10.0. The van der Waals surface area contributed by atoms with E-state index in [1.165, 1.54) is 61.4 Å². The van der Waals surface area contributed by atoms with Crippen LogP contribution in [0.4, 0.5) is 4.39 Å². The van der Waals surface area contributed by atoms with Gasteiger partial charge in [0.05, 0.1) is 18.1 Å². The normalized spacial score (nSPS) is 14.3. The molecule has 3 aromatic rings. The number of rotatable bonds is 1. The van der Waals surface area contributed by atoms with Crippen LogP contribution in [0.15, 0.2) is 41.6 Å². The molecule has 23 heavy (non-hydrogen) atoms. The Labute approximate surface area is 133 Å². The van der Waals surface area contributed by atoms with Gasteiger partial charge in [0, 0.05) is 17.8 Å². The Morgan fingerprint density at radius 1 is 1.00 bits per heavy atom. The predicted octanol–water partition coefficient (Wildman–Crippen LogP) is 3.56. The molecule has 1 aliphatic carbocycles. The third-order valence-corrected chi connectivity index (χ3v) is 3.90. The molecule has 0 atom stereocenters. The van der Waals surface area contributed by atoms with E-state index in [-0.39, 0.29) is 5.56 Å². The minimum atomic E-state index is -0.435. The number of H-pyrrole nitrogens is 1. The Hall–Kier alpha value is -2.50. The fourth-order valence-electron chi connectivity index (χ4n) is 2.72. The van der Waals surface area contributed by atoms with Gasteiger partial charge in [-0.05, 0) is 12.1 Å². The summed E-state index contributed by atoms with van der Waals surface area (Å²) in [7, 11) is 0. The van der Waals surface area contributed by atoms with Crippen molar-refractivity contribution >= 4 is 5.65 Å². The van der Waals surface area contributed by atoms with Crippen molar-refractivity contribution in [2.45, 2.75) is 38.5 Å². The second-order valence-electron chi connectivity index (χ2n) is 5.66. The van der Waals surface area contributed by atoms with Crippen LogP contribution in [0.2, 0.25) is 0 Å². The van der Waals surface area contributed by atoms with Gasteiger partial charge in [-0.1, -0.05) is 38.5 Å². The first-order valence-electron chi connectivity index (χ1n) is 7.92. The zero-order valence-electron chi connectivity index (χ0n) is 12.8. The molecule has 0 spiro atoms. The number of hydrogen-bond acceptors (Lipinski definition) is 3. The van der Waals surface area contributed by atoms with Crippen LogP contribution in [-0.4, -0.2) is 19.6 Å². The molecule has 1 N–H and O–H groups in total. The molecule has 0 unspecified atom stereocenters. The average Bonchev–Trinajstić information content (AvgIpc) is 3.00. The van der Waals surface area contributed by atoms with Crippen LogP contribution < -0.4 is 5.56 Å². The van der Waals surface area contributed by atoms with Crippen molar-refractivity contribution in [2.75, 3.05) is 0 Å². The van der Waals surface area contributed by atoms with Crippen LogP contribution in [0.5, 0.6) is 0 Å². The second kappa shape index (κ2) is 7.17. The topological polar surface area (TPSA) is 63.1 Å². The van der Waals surface area contributed by atoms with Crippen LogP contribution >= 0.6 is 0 Å². The largest absolute Gasteiger partial charge is 0.268 e. The predicted molar refractivity (Wildman–Crippen MR) is 86.7 cm³/mol. The lowest BCUT2D eigenvalue weighted by Crippen LogP contribution is -2.09. The maximum absolute atomic E-state index is 13.1. The van der Waals surface area contributed by atoms with E-state index >= 15 is 0 Å². The van der Waals surface area contributed by atoms with E-state index in [0.29, 0.717) is 16.9 Å². The van der Waals surface area contributed by atoms with Crippen LogP contribution in [0.3, 0.4) is 0 Å². The van der Waals surface area contributed by atoms with Crippen LogP contribution in [0.25, 0.3) is 16.9 Å². The molecule has 0 radical (unpaired) electrons. The lowest BCUT2D eigenvalue weighted by molar-refractivity contribution is 0.504. The van der Waals surface area contributed by atoms with Crippen molar-refractivity contribution in [3.63, 3.8) is 0 Å². The van der Waals surface area contributed by atoms with Gasteiger partial charge in [0.15, 0.2) is 5.65 Å². The fraction of sp³-hybridized carbons (Fsp3) is 0.353. The van der Waals surface area contributed by atoms with Gasteiger partial charge in [-0.15, -0.1) is 0 Å². The standard InChI is InChI=1S/C11H7FN4O.C6H12/c12-8-3-7(4-13-5-8)9-6-14-10-1-2-11(17)15-16(9)10;1-2-4-6-5-3-1/h1-6H,(H,15,17);1-6H2. The molecule has 1 fully saturated rings. The van der Waals surface area contributed by atoms with E-state index in [1.54, 1.807) is 12.3 Å². The number of hydrogen-bond donors (Lipinski definition) is 1. The highest BCUT2D eigenvalue weighted by Gasteiger charge is 2.07. The lowest BCUT2D eigenvalue weighted by Gasteiger charge is -2.05. The number of aromatic amines is 1.